The molecule has 1 unspecified atom stereocenters. The van der Waals surface area contributed by atoms with E-state index < -0.39 is 0 Å². The molecule has 0 aliphatic rings. The van der Waals surface area contributed by atoms with Gasteiger partial charge in [0.2, 0.25) is 0 Å². The molecule has 2 aromatic rings. The summed E-state index contributed by atoms with van der Waals surface area (Å²) >= 11 is 0. The van der Waals surface area contributed by atoms with E-state index in [0.717, 1.165) is 24.1 Å². The van der Waals surface area contributed by atoms with E-state index in [1.165, 1.54) is 11.1 Å². The summed E-state index contributed by atoms with van der Waals surface area (Å²) < 4.78 is 0. The Morgan fingerprint density at radius 1 is 1.22 bits per heavy atom. The highest BCUT2D eigenvalue weighted by Gasteiger charge is 2.10. The molecule has 2 N–H and O–H groups in total. The number of aryl methyl sites for hydroxylation is 2. The SMILES string of the molecule is CCCc1cccc(C(N)c2cc(C)ccn2)c1. The maximum absolute atomic E-state index is 6.29. The van der Waals surface area contributed by atoms with Crippen LogP contribution in [-0.4, -0.2) is 4.98 Å². The van der Waals surface area contributed by atoms with Gasteiger partial charge in [0.25, 0.3) is 0 Å². The molecule has 0 aliphatic carbocycles. The summed E-state index contributed by atoms with van der Waals surface area (Å²) in [6, 6.07) is 12.4. The summed E-state index contributed by atoms with van der Waals surface area (Å²) in [5.74, 6) is 0. The summed E-state index contributed by atoms with van der Waals surface area (Å²) in [7, 11) is 0. The van der Waals surface area contributed by atoms with Crippen LogP contribution in [0, 0.1) is 6.92 Å². The van der Waals surface area contributed by atoms with E-state index in [1.807, 2.05) is 12.3 Å². The second-order valence-corrected chi connectivity index (χ2v) is 4.73. The molecule has 2 rings (SSSR count). The molecule has 0 fully saturated rings. The van der Waals surface area contributed by atoms with Crippen molar-refractivity contribution in [2.24, 2.45) is 5.73 Å². The van der Waals surface area contributed by atoms with Crippen molar-refractivity contribution in [3.05, 3.63) is 65.0 Å². The third kappa shape index (κ3) is 2.96. The molecule has 0 radical (unpaired) electrons. The molecule has 1 atom stereocenters. The van der Waals surface area contributed by atoms with Gasteiger partial charge in [-0.3, -0.25) is 4.98 Å². The standard InChI is InChI=1S/C16H20N2/c1-3-5-13-6-4-7-14(11-13)16(17)15-10-12(2)8-9-18-15/h4,6-11,16H,3,5,17H2,1-2H3. The molecule has 2 heteroatoms. The second kappa shape index (κ2) is 5.78. The number of hydrogen-bond donors (Lipinski definition) is 1. The quantitative estimate of drug-likeness (QED) is 0.889. The van der Waals surface area contributed by atoms with Crippen LogP contribution in [0.15, 0.2) is 42.6 Å². The van der Waals surface area contributed by atoms with E-state index in [0.29, 0.717) is 0 Å². The average molecular weight is 240 g/mol. The van der Waals surface area contributed by atoms with Gasteiger partial charge < -0.3 is 5.73 Å². The lowest BCUT2D eigenvalue weighted by Crippen LogP contribution is -2.13. The third-order valence-corrected chi connectivity index (χ3v) is 3.10. The summed E-state index contributed by atoms with van der Waals surface area (Å²) in [4.78, 5) is 4.37. The molecule has 1 aromatic carbocycles. The van der Waals surface area contributed by atoms with Crippen LogP contribution in [0.4, 0.5) is 0 Å². The van der Waals surface area contributed by atoms with Gasteiger partial charge in [-0.25, -0.2) is 0 Å². The van der Waals surface area contributed by atoms with Crippen LogP contribution in [0.5, 0.6) is 0 Å². The lowest BCUT2D eigenvalue weighted by atomic mass is 9.99. The first-order valence-corrected chi connectivity index (χ1v) is 6.47. The minimum atomic E-state index is -0.137. The fourth-order valence-electron chi connectivity index (χ4n) is 2.13. The molecule has 94 valence electrons. The number of rotatable bonds is 4. The van der Waals surface area contributed by atoms with E-state index in [4.69, 9.17) is 5.73 Å². The zero-order valence-corrected chi connectivity index (χ0v) is 11.1. The van der Waals surface area contributed by atoms with Crippen molar-refractivity contribution in [1.82, 2.24) is 4.98 Å². The predicted molar refractivity (Wildman–Crippen MR) is 75.4 cm³/mol. The van der Waals surface area contributed by atoms with Crippen LogP contribution in [-0.2, 0) is 6.42 Å². The van der Waals surface area contributed by atoms with Gasteiger partial charge in [-0.15, -0.1) is 0 Å². The molecule has 0 aliphatic heterocycles. The van der Waals surface area contributed by atoms with Crippen molar-refractivity contribution in [3.63, 3.8) is 0 Å². The fraction of sp³-hybridized carbons (Fsp3) is 0.312. The number of nitrogens with two attached hydrogens (primary N) is 1. The molecule has 2 nitrogen and oxygen atoms in total. The van der Waals surface area contributed by atoms with E-state index in [-0.39, 0.29) is 6.04 Å². The van der Waals surface area contributed by atoms with E-state index in [9.17, 15) is 0 Å². The smallest absolute Gasteiger partial charge is 0.0726 e. The Hall–Kier alpha value is -1.67. The van der Waals surface area contributed by atoms with Gasteiger partial charge in [-0.2, -0.15) is 0 Å². The minimum absolute atomic E-state index is 0.137. The van der Waals surface area contributed by atoms with Crippen molar-refractivity contribution in [2.75, 3.05) is 0 Å². The van der Waals surface area contributed by atoms with E-state index in [1.54, 1.807) is 0 Å². The topological polar surface area (TPSA) is 38.9 Å². The van der Waals surface area contributed by atoms with Crippen LogP contribution in [0.2, 0.25) is 0 Å². The minimum Gasteiger partial charge on any atom is -0.319 e. The molecule has 0 saturated carbocycles. The fourth-order valence-corrected chi connectivity index (χ4v) is 2.13. The Kier molecular flexibility index (Phi) is 4.11. The molecule has 1 heterocycles. The van der Waals surface area contributed by atoms with Crippen molar-refractivity contribution in [2.45, 2.75) is 32.7 Å². The highest BCUT2D eigenvalue weighted by Crippen LogP contribution is 2.20. The zero-order valence-electron chi connectivity index (χ0n) is 11.1. The zero-order chi connectivity index (χ0) is 13.0. The normalized spacial score (nSPS) is 12.4. The highest BCUT2D eigenvalue weighted by molar-refractivity contribution is 5.32. The Balaban J connectivity index is 2.27. The van der Waals surface area contributed by atoms with Crippen molar-refractivity contribution < 1.29 is 0 Å². The van der Waals surface area contributed by atoms with E-state index >= 15 is 0 Å². The van der Waals surface area contributed by atoms with Crippen molar-refractivity contribution >= 4 is 0 Å². The second-order valence-electron chi connectivity index (χ2n) is 4.73. The summed E-state index contributed by atoms with van der Waals surface area (Å²) in [5.41, 5.74) is 10.9. The molecule has 1 aromatic heterocycles. The Labute approximate surface area is 109 Å². The number of benzene rings is 1. The molecule has 0 amide bonds. The molecule has 18 heavy (non-hydrogen) atoms. The number of nitrogens with zero attached hydrogens (tertiary/aromatic N) is 1. The lowest BCUT2D eigenvalue weighted by molar-refractivity contribution is 0.820. The largest absolute Gasteiger partial charge is 0.319 e. The van der Waals surface area contributed by atoms with Crippen molar-refractivity contribution in [3.8, 4) is 0 Å². The molecule has 0 spiro atoms. The number of hydrogen-bond acceptors (Lipinski definition) is 2. The molecular formula is C16H20N2. The van der Waals surface area contributed by atoms with Crippen LogP contribution in [0.1, 0.15) is 41.8 Å². The van der Waals surface area contributed by atoms with Crippen molar-refractivity contribution in [1.29, 1.82) is 0 Å². The maximum atomic E-state index is 6.29. The number of aromatic nitrogens is 1. The molecule has 0 saturated heterocycles. The van der Waals surface area contributed by atoms with Gasteiger partial charge in [0, 0.05) is 6.20 Å². The summed E-state index contributed by atoms with van der Waals surface area (Å²) in [6.45, 7) is 4.25. The lowest BCUT2D eigenvalue weighted by Gasteiger charge is -2.13. The van der Waals surface area contributed by atoms with Gasteiger partial charge in [0.05, 0.1) is 11.7 Å². The van der Waals surface area contributed by atoms with Crippen LogP contribution < -0.4 is 5.73 Å². The van der Waals surface area contributed by atoms with E-state index in [2.05, 4.69) is 49.2 Å². The first kappa shape index (κ1) is 12.8. The Morgan fingerprint density at radius 2 is 2.06 bits per heavy atom. The first-order valence-electron chi connectivity index (χ1n) is 6.47. The average Bonchev–Trinajstić information content (AvgIpc) is 2.39. The first-order chi connectivity index (χ1) is 8.70. The summed E-state index contributed by atoms with van der Waals surface area (Å²) in [5, 5.41) is 0. The van der Waals surface area contributed by atoms with Gasteiger partial charge in [0.15, 0.2) is 0 Å². The van der Waals surface area contributed by atoms with Crippen LogP contribution in [0.25, 0.3) is 0 Å². The Morgan fingerprint density at radius 3 is 2.78 bits per heavy atom. The van der Waals surface area contributed by atoms with Gasteiger partial charge >= 0.3 is 0 Å². The van der Waals surface area contributed by atoms with Crippen LogP contribution in [0.3, 0.4) is 0 Å². The summed E-state index contributed by atoms with van der Waals surface area (Å²) in [6.07, 6.45) is 4.07. The monoisotopic (exact) mass is 240 g/mol. The van der Waals surface area contributed by atoms with Gasteiger partial charge in [-0.05, 0) is 42.2 Å². The molecule has 0 bridgehead atoms. The Bertz CT molecular complexity index is 520. The highest BCUT2D eigenvalue weighted by atomic mass is 14.8. The van der Waals surface area contributed by atoms with Gasteiger partial charge in [0.1, 0.15) is 0 Å². The number of pyridine rings is 1. The maximum Gasteiger partial charge on any atom is 0.0726 e. The van der Waals surface area contributed by atoms with Crippen LogP contribution >= 0.6 is 0 Å². The molecular weight excluding hydrogens is 220 g/mol. The van der Waals surface area contributed by atoms with Gasteiger partial charge in [-0.1, -0.05) is 37.6 Å². The third-order valence-electron chi connectivity index (χ3n) is 3.10. The predicted octanol–water partition coefficient (Wildman–Crippen LogP) is 3.39.